The first-order valence-electron chi connectivity index (χ1n) is 6.91. The fraction of sp³-hybridized carbons (Fsp3) is 0.500. The van der Waals surface area contributed by atoms with Crippen LogP contribution in [0.2, 0.25) is 0 Å². The molecule has 0 aromatic heterocycles. The molecule has 2 rings (SSSR count). The molecule has 1 unspecified atom stereocenters. The van der Waals surface area contributed by atoms with Crippen LogP contribution in [0.25, 0.3) is 0 Å². The summed E-state index contributed by atoms with van der Waals surface area (Å²) >= 11 is 0. The number of nitrogens with zero attached hydrogens (tertiary/aromatic N) is 2. The minimum atomic E-state index is -0.592. The van der Waals surface area contributed by atoms with E-state index in [1.54, 1.807) is 4.90 Å². The number of nitro groups is 1. The quantitative estimate of drug-likeness (QED) is 0.643. The second kappa shape index (κ2) is 6.61. The van der Waals surface area contributed by atoms with Gasteiger partial charge < -0.3 is 20.1 Å². The molecule has 22 heavy (non-hydrogen) atoms. The molecule has 0 spiro atoms. The first kappa shape index (κ1) is 16.0. The lowest BCUT2D eigenvalue weighted by Crippen LogP contribution is -2.30. The van der Waals surface area contributed by atoms with Gasteiger partial charge in [-0.15, -0.1) is 0 Å². The van der Waals surface area contributed by atoms with Crippen LogP contribution >= 0.6 is 0 Å². The molecule has 0 radical (unpaired) electrons. The van der Waals surface area contributed by atoms with Crippen LogP contribution in [-0.2, 0) is 0 Å². The van der Waals surface area contributed by atoms with Gasteiger partial charge in [0.1, 0.15) is 5.56 Å². The first-order valence-corrected chi connectivity index (χ1v) is 6.91. The number of nitrogens with two attached hydrogens (primary N) is 1. The van der Waals surface area contributed by atoms with Crippen molar-refractivity contribution in [3.63, 3.8) is 0 Å². The predicted molar refractivity (Wildman–Crippen MR) is 79.3 cm³/mol. The summed E-state index contributed by atoms with van der Waals surface area (Å²) in [5.74, 6) is 0.352. The minimum absolute atomic E-state index is 0.000298. The molecule has 2 N–H and O–H groups in total. The van der Waals surface area contributed by atoms with E-state index in [2.05, 4.69) is 0 Å². The van der Waals surface area contributed by atoms with Crippen LogP contribution in [0.15, 0.2) is 12.1 Å². The number of nitro benzene ring substituents is 1. The van der Waals surface area contributed by atoms with Crippen molar-refractivity contribution in [1.29, 1.82) is 0 Å². The zero-order valence-electron chi connectivity index (χ0n) is 12.6. The molecule has 8 nitrogen and oxygen atoms in total. The second-order valence-corrected chi connectivity index (χ2v) is 5.12. The molecule has 120 valence electrons. The number of likely N-dealkylation sites (tertiary alicyclic amines) is 1. The van der Waals surface area contributed by atoms with Crippen LogP contribution in [0.5, 0.6) is 11.5 Å². The average molecular weight is 309 g/mol. The Balaban J connectivity index is 2.40. The third-order valence-electron chi connectivity index (χ3n) is 3.84. The molecule has 0 saturated carbocycles. The number of amides is 1. The van der Waals surface area contributed by atoms with Crippen LogP contribution in [0.1, 0.15) is 16.8 Å². The summed E-state index contributed by atoms with van der Waals surface area (Å²) in [6.07, 6.45) is 0.809. The Hall–Kier alpha value is -2.35. The lowest BCUT2D eigenvalue weighted by molar-refractivity contribution is -0.385. The van der Waals surface area contributed by atoms with Crippen molar-refractivity contribution in [3.05, 3.63) is 27.8 Å². The van der Waals surface area contributed by atoms with Crippen molar-refractivity contribution in [2.24, 2.45) is 11.7 Å². The zero-order valence-corrected chi connectivity index (χ0v) is 12.6. The Morgan fingerprint density at radius 3 is 2.55 bits per heavy atom. The van der Waals surface area contributed by atoms with E-state index >= 15 is 0 Å². The van der Waals surface area contributed by atoms with Crippen molar-refractivity contribution in [1.82, 2.24) is 4.90 Å². The Bertz CT molecular complexity index is 590. The minimum Gasteiger partial charge on any atom is -0.493 e. The lowest BCUT2D eigenvalue weighted by atomic mass is 10.1. The van der Waals surface area contributed by atoms with E-state index in [-0.39, 0.29) is 34.6 Å². The number of hydrogen-bond donors (Lipinski definition) is 1. The molecule has 1 aliphatic rings. The molecular formula is C14H19N3O5. The van der Waals surface area contributed by atoms with Crippen molar-refractivity contribution in [2.45, 2.75) is 6.42 Å². The van der Waals surface area contributed by atoms with Crippen LogP contribution in [-0.4, -0.2) is 49.6 Å². The Morgan fingerprint density at radius 1 is 1.41 bits per heavy atom. The number of benzene rings is 1. The number of rotatable bonds is 5. The highest BCUT2D eigenvalue weighted by Crippen LogP contribution is 2.35. The maximum atomic E-state index is 12.6. The fourth-order valence-corrected chi connectivity index (χ4v) is 2.57. The number of hydrogen-bond acceptors (Lipinski definition) is 6. The number of ether oxygens (including phenoxy) is 2. The van der Waals surface area contributed by atoms with Gasteiger partial charge in [-0.2, -0.15) is 0 Å². The van der Waals surface area contributed by atoms with Crippen molar-refractivity contribution in [3.8, 4) is 11.5 Å². The molecule has 1 aromatic rings. The van der Waals surface area contributed by atoms with E-state index in [0.29, 0.717) is 19.6 Å². The standard InChI is InChI=1S/C14H19N3O5/c1-21-12-5-10(11(17(19)20)6-13(12)22-2)14(18)16-4-3-9(7-15)8-16/h5-6,9H,3-4,7-8,15H2,1-2H3. The molecular weight excluding hydrogens is 290 g/mol. The second-order valence-electron chi connectivity index (χ2n) is 5.12. The fourth-order valence-electron chi connectivity index (χ4n) is 2.57. The molecule has 1 amide bonds. The van der Waals surface area contributed by atoms with Gasteiger partial charge in [0.05, 0.1) is 25.2 Å². The predicted octanol–water partition coefficient (Wildman–Crippen LogP) is 1.03. The molecule has 1 aliphatic heterocycles. The summed E-state index contributed by atoms with van der Waals surface area (Å²) in [5, 5.41) is 11.2. The molecule has 1 heterocycles. The maximum Gasteiger partial charge on any atom is 0.286 e. The van der Waals surface area contributed by atoms with Gasteiger partial charge in [0.2, 0.25) is 0 Å². The smallest absolute Gasteiger partial charge is 0.286 e. The zero-order chi connectivity index (χ0) is 16.3. The Labute approximate surface area is 127 Å². The van der Waals surface area contributed by atoms with E-state index in [1.165, 1.54) is 26.4 Å². The van der Waals surface area contributed by atoms with Crippen LogP contribution in [0.4, 0.5) is 5.69 Å². The summed E-state index contributed by atoms with van der Waals surface area (Å²) in [7, 11) is 2.80. The van der Waals surface area contributed by atoms with Gasteiger partial charge >= 0.3 is 0 Å². The van der Waals surface area contributed by atoms with E-state index < -0.39 is 4.92 Å². The molecule has 1 fully saturated rings. The average Bonchev–Trinajstić information content (AvgIpc) is 3.01. The highest BCUT2D eigenvalue weighted by atomic mass is 16.6. The third-order valence-corrected chi connectivity index (χ3v) is 3.84. The van der Waals surface area contributed by atoms with Gasteiger partial charge in [0.15, 0.2) is 11.5 Å². The van der Waals surface area contributed by atoms with Gasteiger partial charge in [0, 0.05) is 19.2 Å². The van der Waals surface area contributed by atoms with Gasteiger partial charge in [-0.1, -0.05) is 0 Å². The van der Waals surface area contributed by atoms with Gasteiger partial charge in [-0.25, -0.2) is 0 Å². The van der Waals surface area contributed by atoms with E-state index in [9.17, 15) is 14.9 Å². The molecule has 0 aliphatic carbocycles. The normalized spacial score (nSPS) is 17.4. The Kier molecular flexibility index (Phi) is 4.81. The number of carbonyl (C=O) groups is 1. The SMILES string of the molecule is COc1cc(C(=O)N2CCC(CN)C2)c([N+](=O)[O-])cc1OC. The maximum absolute atomic E-state index is 12.6. The molecule has 0 bridgehead atoms. The summed E-state index contributed by atoms with van der Waals surface area (Å²) in [6, 6.07) is 2.57. The van der Waals surface area contributed by atoms with Crippen molar-refractivity contribution in [2.75, 3.05) is 33.9 Å². The first-order chi connectivity index (χ1) is 10.5. The highest BCUT2D eigenvalue weighted by Gasteiger charge is 2.31. The monoisotopic (exact) mass is 309 g/mol. The summed E-state index contributed by atoms with van der Waals surface area (Å²) in [6.45, 7) is 1.56. The van der Waals surface area contributed by atoms with Crippen LogP contribution < -0.4 is 15.2 Å². The molecule has 1 saturated heterocycles. The molecule has 1 atom stereocenters. The van der Waals surface area contributed by atoms with Gasteiger partial charge in [-0.05, 0) is 18.9 Å². The summed E-state index contributed by atoms with van der Waals surface area (Å²) in [4.78, 5) is 24.8. The van der Waals surface area contributed by atoms with Gasteiger partial charge in [0.25, 0.3) is 11.6 Å². The van der Waals surface area contributed by atoms with E-state index in [0.717, 1.165) is 6.42 Å². The van der Waals surface area contributed by atoms with Gasteiger partial charge in [-0.3, -0.25) is 14.9 Å². The summed E-state index contributed by atoms with van der Waals surface area (Å²) in [5.41, 5.74) is 5.32. The lowest BCUT2D eigenvalue weighted by Gasteiger charge is -2.17. The molecule has 1 aromatic carbocycles. The topological polar surface area (TPSA) is 108 Å². The highest BCUT2D eigenvalue weighted by molar-refractivity contribution is 5.99. The van der Waals surface area contributed by atoms with Crippen LogP contribution in [0.3, 0.4) is 0 Å². The summed E-state index contributed by atoms with van der Waals surface area (Å²) < 4.78 is 10.2. The number of carbonyl (C=O) groups excluding carboxylic acids is 1. The van der Waals surface area contributed by atoms with E-state index in [1.807, 2.05) is 0 Å². The van der Waals surface area contributed by atoms with Crippen molar-refractivity contribution >= 4 is 11.6 Å². The Morgan fingerprint density at radius 2 is 2.05 bits per heavy atom. The van der Waals surface area contributed by atoms with Crippen molar-refractivity contribution < 1.29 is 19.2 Å². The largest absolute Gasteiger partial charge is 0.493 e. The van der Waals surface area contributed by atoms with Crippen LogP contribution in [0, 0.1) is 16.0 Å². The number of methoxy groups -OCH3 is 2. The third kappa shape index (κ3) is 2.96. The molecule has 8 heteroatoms. The van der Waals surface area contributed by atoms with E-state index in [4.69, 9.17) is 15.2 Å².